The van der Waals surface area contributed by atoms with Crippen molar-refractivity contribution in [2.75, 3.05) is 6.54 Å². The minimum Gasteiger partial charge on any atom is -0.508 e. The third kappa shape index (κ3) is 4.05. The maximum absolute atomic E-state index is 12.6. The first-order chi connectivity index (χ1) is 13.2. The lowest BCUT2D eigenvalue weighted by molar-refractivity contribution is -0.122. The van der Waals surface area contributed by atoms with E-state index in [9.17, 15) is 23.4 Å². The lowest BCUT2D eigenvalue weighted by Gasteiger charge is -2.12. The van der Waals surface area contributed by atoms with Crippen molar-refractivity contribution in [1.29, 1.82) is 0 Å². The van der Waals surface area contributed by atoms with Gasteiger partial charge in [0.05, 0.1) is 9.80 Å². The van der Waals surface area contributed by atoms with Gasteiger partial charge in [-0.2, -0.15) is 8.42 Å². The topological polar surface area (TPSA) is 107 Å². The van der Waals surface area contributed by atoms with Gasteiger partial charge in [0.15, 0.2) is 5.17 Å². The summed E-state index contributed by atoms with van der Waals surface area (Å²) in [5.41, 5.74) is 1.25. The Kier molecular flexibility index (Phi) is 5.48. The molecule has 0 atom stereocenters. The number of carbonyl (C=O) groups is 1. The Hall–Kier alpha value is -2.78. The van der Waals surface area contributed by atoms with Gasteiger partial charge in [0.2, 0.25) is 0 Å². The molecule has 146 valence electrons. The van der Waals surface area contributed by atoms with E-state index in [0.717, 1.165) is 23.4 Å². The van der Waals surface area contributed by atoms with Crippen LogP contribution in [-0.4, -0.2) is 41.2 Å². The number of carbonyl (C=O) groups excluding carboxylic acids is 1. The van der Waals surface area contributed by atoms with Crippen molar-refractivity contribution in [3.63, 3.8) is 0 Å². The van der Waals surface area contributed by atoms with E-state index < -0.39 is 15.9 Å². The molecule has 0 bridgehead atoms. The van der Waals surface area contributed by atoms with Gasteiger partial charge in [-0.25, -0.2) is 0 Å². The van der Waals surface area contributed by atoms with Crippen molar-refractivity contribution >= 4 is 38.9 Å². The first-order valence-corrected chi connectivity index (χ1v) is 10.6. The van der Waals surface area contributed by atoms with E-state index in [1.807, 2.05) is 6.92 Å². The van der Waals surface area contributed by atoms with E-state index >= 15 is 0 Å². The fourth-order valence-corrected chi connectivity index (χ4v) is 4.75. The van der Waals surface area contributed by atoms with E-state index in [1.54, 1.807) is 19.1 Å². The normalized spacial score (nSPS) is 17.6. The summed E-state index contributed by atoms with van der Waals surface area (Å²) >= 11 is 0.919. The monoisotopic (exact) mass is 418 g/mol. The number of rotatable bonds is 4. The first-order valence-electron chi connectivity index (χ1n) is 8.36. The first kappa shape index (κ1) is 20.0. The molecule has 1 saturated heterocycles. The number of hydrogen-bond donors (Lipinski definition) is 2. The van der Waals surface area contributed by atoms with Gasteiger partial charge < -0.3 is 10.2 Å². The van der Waals surface area contributed by atoms with Crippen LogP contribution >= 0.6 is 11.8 Å². The Bertz CT molecular complexity index is 1090. The lowest BCUT2D eigenvalue weighted by atomic mass is 10.1. The molecule has 1 amide bonds. The summed E-state index contributed by atoms with van der Waals surface area (Å²) in [6, 6.07) is 10.3. The number of aromatic hydroxyl groups is 2. The van der Waals surface area contributed by atoms with E-state index in [1.165, 1.54) is 35.2 Å². The molecule has 0 aliphatic carbocycles. The molecule has 1 fully saturated rings. The molecule has 2 N–H and O–H groups in total. The van der Waals surface area contributed by atoms with Crippen molar-refractivity contribution in [1.82, 2.24) is 4.90 Å². The third-order valence-electron chi connectivity index (χ3n) is 4.02. The lowest BCUT2D eigenvalue weighted by Crippen LogP contribution is -2.29. The molecule has 0 spiro atoms. The average Bonchev–Trinajstić information content (AvgIpc) is 2.91. The summed E-state index contributed by atoms with van der Waals surface area (Å²) in [5.74, 6) is -0.703. The zero-order valence-corrected chi connectivity index (χ0v) is 16.8. The van der Waals surface area contributed by atoms with Crippen LogP contribution in [-0.2, 0) is 14.8 Å². The van der Waals surface area contributed by atoms with E-state index in [-0.39, 0.29) is 33.0 Å². The van der Waals surface area contributed by atoms with Crippen LogP contribution in [0.1, 0.15) is 18.1 Å². The van der Waals surface area contributed by atoms with Gasteiger partial charge in [-0.15, -0.1) is 4.40 Å². The van der Waals surface area contributed by atoms with Crippen LogP contribution in [0.5, 0.6) is 11.5 Å². The standard InChI is InChI=1S/C19H18N2O5S2/c1-3-21-18(24)17(10-13-6-7-14(22)11-16(13)23)27-19(21)20-28(25,26)15-8-4-12(2)5-9-15/h4-11,22-23H,3H2,1-2H3. The van der Waals surface area contributed by atoms with Crippen molar-refractivity contribution in [3.05, 3.63) is 58.5 Å². The zero-order valence-electron chi connectivity index (χ0n) is 15.2. The number of amidine groups is 1. The maximum Gasteiger partial charge on any atom is 0.284 e. The number of amides is 1. The number of thioether (sulfide) groups is 1. The van der Waals surface area contributed by atoms with E-state index in [0.29, 0.717) is 5.56 Å². The molecule has 1 aliphatic rings. The Balaban J connectivity index is 1.98. The van der Waals surface area contributed by atoms with Gasteiger partial charge in [-0.05, 0) is 56.0 Å². The van der Waals surface area contributed by atoms with Crippen molar-refractivity contribution < 1.29 is 23.4 Å². The number of benzene rings is 2. The molecule has 1 heterocycles. The largest absolute Gasteiger partial charge is 0.508 e. The maximum atomic E-state index is 12.6. The smallest absolute Gasteiger partial charge is 0.284 e. The molecule has 0 aromatic heterocycles. The highest BCUT2D eigenvalue weighted by molar-refractivity contribution is 8.19. The molecule has 2 aromatic rings. The summed E-state index contributed by atoms with van der Waals surface area (Å²) < 4.78 is 29.0. The van der Waals surface area contributed by atoms with E-state index in [4.69, 9.17) is 0 Å². The summed E-state index contributed by atoms with van der Waals surface area (Å²) in [6.45, 7) is 3.81. The van der Waals surface area contributed by atoms with Crippen LogP contribution < -0.4 is 0 Å². The quantitative estimate of drug-likeness (QED) is 0.739. The van der Waals surface area contributed by atoms with Crippen LogP contribution in [0.3, 0.4) is 0 Å². The average molecular weight is 418 g/mol. The summed E-state index contributed by atoms with van der Waals surface area (Å²) in [6.07, 6.45) is 1.44. The van der Waals surface area contributed by atoms with Gasteiger partial charge in [0, 0.05) is 18.2 Å². The zero-order chi connectivity index (χ0) is 20.5. The number of phenols is 2. The fraction of sp³-hybridized carbons (Fsp3) is 0.158. The highest BCUT2D eigenvalue weighted by Gasteiger charge is 2.34. The molecule has 9 heteroatoms. The summed E-state index contributed by atoms with van der Waals surface area (Å²) in [7, 11) is -3.97. The van der Waals surface area contributed by atoms with Crippen LogP contribution in [0.15, 0.2) is 56.7 Å². The number of hydrogen-bond acceptors (Lipinski definition) is 6. The van der Waals surface area contributed by atoms with Crippen molar-refractivity contribution in [2.24, 2.45) is 4.40 Å². The minimum atomic E-state index is -3.97. The van der Waals surface area contributed by atoms with Gasteiger partial charge in [-0.1, -0.05) is 17.7 Å². The van der Waals surface area contributed by atoms with E-state index in [2.05, 4.69) is 4.40 Å². The number of nitrogens with zero attached hydrogens (tertiary/aromatic N) is 2. The van der Waals surface area contributed by atoms with Crippen molar-refractivity contribution in [2.45, 2.75) is 18.7 Å². The van der Waals surface area contributed by atoms with Crippen LogP contribution in [0.25, 0.3) is 6.08 Å². The summed E-state index contributed by atoms with van der Waals surface area (Å²) in [5, 5.41) is 19.4. The molecule has 3 rings (SSSR count). The second-order valence-electron chi connectivity index (χ2n) is 6.07. The predicted molar refractivity (Wildman–Crippen MR) is 109 cm³/mol. The Labute approximate surface area is 167 Å². The third-order valence-corrected chi connectivity index (χ3v) is 6.43. The SMILES string of the molecule is CCN1C(=O)C(=Cc2ccc(O)cc2O)SC1=NS(=O)(=O)c1ccc(C)cc1. The highest BCUT2D eigenvalue weighted by Crippen LogP contribution is 2.35. The second kappa shape index (κ2) is 7.69. The highest BCUT2D eigenvalue weighted by atomic mass is 32.2. The van der Waals surface area contributed by atoms with Crippen LogP contribution in [0.2, 0.25) is 0 Å². The number of aryl methyl sites for hydroxylation is 1. The number of phenolic OH excluding ortho intramolecular Hbond substituents is 2. The Morgan fingerprint density at radius 1 is 1.14 bits per heavy atom. The second-order valence-corrected chi connectivity index (χ2v) is 8.68. The van der Waals surface area contributed by atoms with Crippen LogP contribution in [0.4, 0.5) is 0 Å². The molecule has 1 aliphatic heterocycles. The van der Waals surface area contributed by atoms with Gasteiger partial charge >= 0.3 is 0 Å². The minimum absolute atomic E-state index is 0.0447. The van der Waals surface area contributed by atoms with Crippen molar-refractivity contribution in [3.8, 4) is 11.5 Å². The molecule has 2 aromatic carbocycles. The Morgan fingerprint density at radius 2 is 1.82 bits per heavy atom. The van der Waals surface area contributed by atoms with Gasteiger partial charge in [0.25, 0.3) is 15.9 Å². The number of likely N-dealkylation sites (N-methyl/N-ethyl adjacent to an activating group) is 1. The molecule has 0 radical (unpaired) electrons. The molecular weight excluding hydrogens is 400 g/mol. The van der Waals surface area contributed by atoms with Gasteiger partial charge in [0.1, 0.15) is 11.5 Å². The molecule has 7 nitrogen and oxygen atoms in total. The fourth-order valence-electron chi connectivity index (χ4n) is 2.52. The predicted octanol–water partition coefficient (Wildman–Crippen LogP) is 3.09. The Morgan fingerprint density at radius 3 is 2.43 bits per heavy atom. The molecule has 0 unspecified atom stereocenters. The molecule has 28 heavy (non-hydrogen) atoms. The van der Waals surface area contributed by atoms with Crippen LogP contribution in [0, 0.1) is 6.92 Å². The van der Waals surface area contributed by atoms with Gasteiger partial charge in [-0.3, -0.25) is 9.69 Å². The molecule has 0 saturated carbocycles. The number of sulfonamides is 1. The summed E-state index contributed by atoms with van der Waals surface area (Å²) in [4.78, 5) is 14.2. The molecular formula is C19H18N2O5S2.